The van der Waals surface area contributed by atoms with E-state index >= 15 is 0 Å². The standard InChI is InChI=1S/C19H20N2O3/c1-13-4-6-14(7-5-13)18(22)20-15-8-9-17(16(12-15)19(23)24)21-10-2-3-11-21/h4-9,12H,2-3,10-11H2,1H3,(H,20,22)(H,23,24). The van der Waals surface area contributed by atoms with Crippen LogP contribution in [0.1, 0.15) is 39.1 Å². The Labute approximate surface area is 140 Å². The number of carboxylic acid groups (broad SMARTS) is 1. The predicted molar refractivity (Wildman–Crippen MR) is 94.0 cm³/mol. The van der Waals surface area contributed by atoms with Crippen molar-refractivity contribution in [2.45, 2.75) is 19.8 Å². The third-order valence-electron chi connectivity index (χ3n) is 4.25. The average Bonchev–Trinajstić information content (AvgIpc) is 3.09. The van der Waals surface area contributed by atoms with E-state index in [4.69, 9.17) is 0 Å². The van der Waals surface area contributed by atoms with E-state index in [1.165, 1.54) is 6.07 Å². The highest BCUT2D eigenvalue weighted by molar-refractivity contribution is 6.05. The number of hydrogen-bond donors (Lipinski definition) is 2. The number of nitrogens with zero attached hydrogens (tertiary/aromatic N) is 1. The maximum Gasteiger partial charge on any atom is 0.337 e. The molecule has 0 bridgehead atoms. The van der Waals surface area contributed by atoms with Gasteiger partial charge in [-0.05, 0) is 50.1 Å². The molecule has 1 aliphatic rings. The highest BCUT2D eigenvalue weighted by Gasteiger charge is 2.20. The molecule has 1 fully saturated rings. The van der Waals surface area contributed by atoms with Crippen molar-refractivity contribution in [2.75, 3.05) is 23.3 Å². The maximum absolute atomic E-state index is 12.3. The summed E-state index contributed by atoms with van der Waals surface area (Å²) in [5.74, 6) is -1.23. The summed E-state index contributed by atoms with van der Waals surface area (Å²) in [5, 5.41) is 12.3. The number of anilines is 2. The fraction of sp³-hybridized carbons (Fsp3) is 0.263. The first-order valence-electron chi connectivity index (χ1n) is 8.05. The van der Waals surface area contributed by atoms with E-state index in [1.54, 1.807) is 24.3 Å². The molecule has 24 heavy (non-hydrogen) atoms. The monoisotopic (exact) mass is 324 g/mol. The summed E-state index contributed by atoms with van der Waals surface area (Å²) in [4.78, 5) is 25.9. The number of carbonyl (C=O) groups is 2. The van der Waals surface area contributed by atoms with Crippen molar-refractivity contribution in [2.24, 2.45) is 0 Å². The molecule has 1 amide bonds. The van der Waals surface area contributed by atoms with E-state index in [0.29, 0.717) is 16.9 Å². The van der Waals surface area contributed by atoms with Crippen molar-refractivity contribution in [3.63, 3.8) is 0 Å². The summed E-state index contributed by atoms with van der Waals surface area (Å²) in [5.41, 5.74) is 3.05. The zero-order valence-corrected chi connectivity index (χ0v) is 13.6. The fourth-order valence-corrected chi connectivity index (χ4v) is 2.93. The van der Waals surface area contributed by atoms with Gasteiger partial charge in [-0.3, -0.25) is 4.79 Å². The summed E-state index contributed by atoms with van der Waals surface area (Å²) in [7, 11) is 0. The highest BCUT2D eigenvalue weighted by atomic mass is 16.4. The van der Waals surface area contributed by atoms with Crippen LogP contribution in [0.25, 0.3) is 0 Å². The van der Waals surface area contributed by atoms with Crippen molar-refractivity contribution in [1.29, 1.82) is 0 Å². The van der Waals surface area contributed by atoms with E-state index in [1.807, 2.05) is 19.1 Å². The Kier molecular flexibility index (Phi) is 4.51. The molecule has 2 N–H and O–H groups in total. The zero-order valence-electron chi connectivity index (χ0n) is 13.6. The van der Waals surface area contributed by atoms with Crippen LogP contribution >= 0.6 is 0 Å². The molecule has 0 radical (unpaired) electrons. The first kappa shape index (κ1) is 16.1. The Balaban J connectivity index is 1.83. The van der Waals surface area contributed by atoms with Crippen LogP contribution in [0.5, 0.6) is 0 Å². The normalized spacial score (nSPS) is 13.8. The number of carboxylic acids is 1. The second-order valence-corrected chi connectivity index (χ2v) is 6.05. The number of benzene rings is 2. The molecule has 0 aliphatic carbocycles. The first-order valence-corrected chi connectivity index (χ1v) is 8.05. The lowest BCUT2D eigenvalue weighted by atomic mass is 10.1. The lowest BCUT2D eigenvalue weighted by molar-refractivity contribution is 0.0697. The Morgan fingerprint density at radius 1 is 1.04 bits per heavy atom. The SMILES string of the molecule is Cc1ccc(C(=O)Nc2ccc(N3CCCC3)c(C(=O)O)c2)cc1. The number of amides is 1. The van der Waals surface area contributed by atoms with Crippen LogP contribution in [0, 0.1) is 6.92 Å². The maximum atomic E-state index is 12.3. The van der Waals surface area contributed by atoms with Crippen molar-refractivity contribution in [1.82, 2.24) is 0 Å². The van der Waals surface area contributed by atoms with Crippen LogP contribution in [-0.4, -0.2) is 30.1 Å². The van der Waals surface area contributed by atoms with E-state index in [9.17, 15) is 14.7 Å². The quantitative estimate of drug-likeness (QED) is 0.902. The molecular formula is C19H20N2O3. The van der Waals surface area contributed by atoms with Gasteiger partial charge < -0.3 is 15.3 Å². The van der Waals surface area contributed by atoms with Gasteiger partial charge in [0.15, 0.2) is 0 Å². The number of aryl methyl sites for hydroxylation is 1. The average molecular weight is 324 g/mol. The Bertz CT molecular complexity index is 763. The third kappa shape index (κ3) is 3.40. The summed E-state index contributed by atoms with van der Waals surface area (Å²) in [6.07, 6.45) is 2.15. The number of rotatable bonds is 4. The zero-order chi connectivity index (χ0) is 17.1. The van der Waals surface area contributed by atoms with Crippen LogP contribution in [-0.2, 0) is 0 Å². The summed E-state index contributed by atoms with van der Waals surface area (Å²) < 4.78 is 0. The molecule has 0 saturated carbocycles. The minimum absolute atomic E-state index is 0.221. The molecule has 1 heterocycles. The lowest BCUT2D eigenvalue weighted by Crippen LogP contribution is -2.21. The topological polar surface area (TPSA) is 69.6 Å². The van der Waals surface area contributed by atoms with Crippen molar-refractivity contribution in [3.05, 3.63) is 59.2 Å². The van der Waals surface area contributed by atoms with Crippen LogP contribution in [0.3, 0.4) is 0 Å². The van der Waals surface area contributed by atoms with Gasteiger partial charge in [-0.15, -0.1) is 0 Å². The summed E-state index contributed by atoms with van der Waals surface area (Å²) in [6.45, 7) is 3.70. The van der Waals surface area contributed by atoms with E-state index in [-0.39, 0.29) is 11.5 Å². The second-order valence-electron chi connectivity index (χ2n) is 6.05. The van der Waals surface area contributed by atoms with Crippen molar-refractivity contribution < 1.29 is 14.7 Å². The minimum Gasteiger partial charge on any atom is -0.478 e. The molecule has 0 atom stereocenters. The van der Waals surface area contributed by atoms with E-state index in [0.717, 1.165) is 31.5 Å². The van der Waals surface area contributed by atoms with Gasteiger partial charge >= 0.3 is 5.97 Å². The molecule has 124 valence electrons. The number of nitrogens with one attached hydrogen (secondary N) is 1. The van der Waals surface area contributed by atoms with Gasteiger partial charge in [-0.25, -0.2) is 4.79 Å². The lowest BCUT2D eigenvalue weighted by Gasteiger charge is -2.20. The molecular weight excluding hydrogens is 304 g/mol. The molecule has 3 rings (SSSR count). The van der Waals surface area contributed by atoms with Gasteiger partial charge in [0.2, 0.25) is 0 Å². The molecule has 2 aromatic carbocycles. The van der Waals surface area contributed by atoms with Crippen molar-refractivity contribution in [3.8, 4) is 0 Å². The highest BCUT2D eigenvalue weighted by Crippen LogP contribution is 2.27. The van der Waals surface area contributed by atoms with Gasteiger partial charge in [0.05, 0.1) is 11.3 Å². The van der Waals surface area contributed by atoms with E-state index in [2.05, 4.69) is 10.2 Å². The van der Waals surface area contributed by atoms with Gasteiger partial charge in [0.25, 0.3) is 5.91 Å². The van der Waals surface area contributed by atoms with Gasteiger partial charge in [0, 0.05) is 24.3 Å². The molecule has 0 aromatic heterocycles. The molecule has 5 heteroatoms. The Morgan fingerprint density at radius 3 is 2.33 bits per heavy atom. The Morgan fingerprint density at radius 2 is 1.71 bits per heavy atom. The van der Waals surface area contributed by atoms with Crippen LogP contribution in [0.2, 0.25) is 0 Å². The fourth-order valence-electron chi connectivity index (χ4n) is 2.93. The molecule has 1 saturated heterocycles. The van der Waals surface area contributed by atoms with Crippen molar-refractivity contribution >= 4 is 23.3 Å². The third-order valence-corrected chi connectivity index (χ3v) is 4.25. The van der Waals surface area contributed by atoms with E-state index < -0.39 is 5.97 Å². The molecule has 2 aromatic rings. The first-order chi connectivity index (χ1) is 11.5. The summed E-state index contributed by atoms with van der Waals surface area (Å²) >= 11 is 0. The molecule has 5 nitrogen and oxygen atoms in total. The minimum atomic E-state index is -0.983. The predicted octanol–water partition coefficient (Wildman–Crippen LogP) is 3.55. The van der Waals surface area contributed by atoms with Crippen LogP contribution in [0.15, 0.2) is 42.5 Å². The largest absolute Gasteiger partial charge is 0.478 e. The molecule has 0 unspecified atom stereocenters. The summed E-state index contributed by atoms with van der Waals surface area (Å²) in [6, 6.07) is 12.3. The van der Waals surface area contributed by atoms with Gasteiger partial charge in [0.1, 0.15) is 0 Å². The van der Waals surface area contributed by atoms with Gasteiger partial charge in [-0.2, -0.15) is 0 Å². The smallest absolute Gasteiger partial charge is 0.337 e. The number of aromatic carboxylic acids is 1. The van der Waals surface area contributed by atoms with Gasteiger partial charge in [-0.1, -0.05) is 17.7 Å². The molecule has 0 spiro atoms. The van der Waals surface area contributed by atoms with Crippen LogP contribution < -0.4 is 10.2 Å². The number of carbonyl (C=O) groups excluding carboxylic acids is 1. The Hall–Kier alpha value is -2.82. The number of hydrogen-bond acceptors (Lipinski definition) is 3. The second kappa shape index (κ2) is 6.74. The van der Waals surface area contributed by atoms with Crippen LogP contribution in [0.4, 0.5) is 11.4 Å². The molecule has 1 aliphatic heterocycles.